The Labute approximate surface area is 144 Å². The predicted molar refractivity (Wildman–Crippen MR) is 91.6 cm³/mol. The lowest BCUT2D eigenvalue weighted by Gasteiger charge is -2.07. The van der Waals surface area contributed by atoms with Crippen molar-refractivity contribution in [3.63, 3.8) is 0 Å². The number of carbonyl (C=O) groups excluding carboxylic acids is 1. The number of phenols is 1. The van der Waals surface area contributed by atoms with Crippen molar-refractivity contribution in [3.8, 4) is 11.5 Å². The van der Waals surface area contributed by atoms with E-state index in [2.05, 4.69) is 42.4 Å². The topological polar surface area (TPSA) is 70.9 Å². The zero-order valence-electron chi connectivity index (χ0n) is 11.5. The minimum atomic E-state index is -0.356. The maximum atomic E-state index is 12.0. The highest BCUT2D eigenvalue weighted by molar-refractivity contribution is 9.10. The fourth-order valence-corrected chi connectivity index (χ4v) is 2.63. The van der Waals surface area contributed by atoms with Crippen LogP contribution < -0.4 is 10.2 Å². The lowest BCUT2D eigenvalue weighted by atomic mass is 10.2. The first-order valence-electron chi connectivity index (χ1n) is 6.17. The van der Waals surface area contributed by atoms with Gasteiger partial charge in [0.2, 0.25) is 0 Å². The van der Waals surface area contributed by atoms with E-state index in [1.807, 2.05) is 6.07 Å². The summed E-state index contributed by atoms with van der Waals surface area (Å²) >= 11 is 6.61. The number of benzene rings is 2. The van der Waals surface area contributed by atoms with Gasteiger partial charge in [-0.1, -0.05) is 28.1 Å². The molecule has 2 aromatic carbocycles. The number of nitrogens with zero attached hydrogens (tertiary/aromatic N) is 1. The second kappa shape index (κ2) is 7.42. The van der Waals surface area contributed by atoms with Crippen LogP contribution in [0.2, 0.25) is 0 Å². The highest BCUT2D eigenvalue weighted by Crippen LogP contribution is 2.32. The predicted octanol–water partition coefficient (Wildman–Crippen LogP) is 3.69. The van der Waals surface area contributed by atoms with Gasteiger partial charge in [0.05, 0.1) is 18.9 Å². The number of phenolic OH excluding ortho intramolecular Hbond substituents is 1. The van der Waals surface area contributed by atoms with Crippen LogP contribution in [-0.4, -0.2) is 24.3 Å². The van der Waals surface area contributed by atoms with Gasteiger partial charge in [-0.05, 0) is 40.2 Å². The van der Waals surface area contributed by atoms with Crippen LogP contribution in [0.15, 0.2) is 50.4 Å². The molecule has 0 heterocycles. The van der Waals surface area contributed by atoms with Crippen molar-refractivity contribution in [2.45, 2.75) is 0 Å². The van der Waals surface area contributed by atoms with Crippen molar-refractivity contribution in [3.05, 3.63) is 56.5 Å². The molecule has 2 N–H and O–H groups in total. The van der Waals surface area contributed by atoms with Gasteiger partial charge in [0.15, 0.2) is 11.5 Å². The van der Waals surface area contributed by atoms with Crippen LogP contribution in [0, 0.1) is 0 Å². The van der Waals surface area contributed by atoms with E-state index in [1.54, 1.807) is 30.3 Å². The average molecular weight is 428 g/mol. The van der Waals surface area contributed by atoms with Crippen molar-refractivity contribution >= 4 is 44.0 Å². The normalized spacial score (nSPS) is 10.7. The van der Waals surface area contributed by atoms with Crippen LogP contribution in [-0.2, 0) is 0 Å². The molecule has 2 aromatic rings. The quantitative estimate of drug-likeness (QED) is 0.577. The summed E-state index contributed by atoms with van der Waals surface area (Å²) in [7, 11) is 1.46. The molecule has 0 aliphatic carbocycles. The third kappa shape index (κ3) is 3.86. The van der Waals surface area contributed by atoms with Crippen molar-refractivity contribution < 1.29 is 14.6 Å². The zero-order valence-corrected chi connectivity index (χ0v) is 14.7. The first-order chi connectivity index (χ1) is 10.5. The Balaban J connectivity index is 2.15. The molecule has 114 valence electrons. The Hall–Kier alpha value is -1.86. The molecule has 0 aliphatic heterocycles. The molecule has 0 saturated carbocycles. The molecular weight excluding hydrogens is 416 g/mol. The van der Waals surface area contributed by atoms with Gasteiger partial charge in [0.25, 0.3) is 5.91 Å². The summed E-state index contributed by atoms with van der Waals surface area (Å²) in [4.78, 5) is 12.0. The first-order valence-corrected chi connectivity index (χ1v) is 7.76. The summed E-state index contributed by atoms with van der Waals surface area (Å²) < 4.78 is 6.44. The smallest absolute Gasteiger partial charge is 0.272 e. The highest BCUT2D eigenvalue weighted by atomic mass is 79.9. The van der Waals surface area contributed by atoms with Gasteiger partial charge >= 0.3 is 0 Å². The van der Waals surface area contributed by atoms with Crippen LogP contribution in [0.1, 0.15) is 15.9 Å². The summed E-state index contributed by atoms with van der Waals surface area (Å²) in [6.45, 7) is 0. The minimum Gasteiger partial charge on any atom is -0.504 e. The van der Waals surface area contributed by atoms with E-state index in [0.29, 0.717) is 21.3 Å². The number of halogens is 2. The van der Waals surface area contributed by atoms with Gasteiger partial charge in [-0.3, -0.25) is 4.79 Å². The number of aromatic hydroxyl groups is 1. The number of methoxy groups -OCH3 is 1. The van der Waals surface area contributed by atoms with Crippen LogP contribution in [0.3, 0.4) is 0 Å². The summed E-state index contributed by atoms with van der Waals surface area (Å²) in [5.41, 5.74) is 3.29. The fourth-order valence-electron chi connectivity index (χ4n) is 1.71. The largest absolute Gasteiger partial charge is 0.504 e. The average Bonchev–Trinajstić information content (AvgIpc) is 2.50. The summed E-state index contributed by atoms with van der Waals surface area (Å²) in [6.07, 6.45) is 1.34. The molecule has 0 fully saturated rings. The van der Waals surface area contributed by atoms with Crippen molar-refractivity contribution in [1.29, 1.82) is 0 Å². The second-order valence-electron chi connectivity index (χ2n) is 4.22. The third-order valence-electron chi connectivity index (χ3n) is 2.78. The van der Waals surface area contributed by atoms with Gasteiger partial charge in [-0.15, -0.1) is 0 Å². The number of rotatable bonds is 4. The number of nitrogens with one attached hydrogen (secondary N) is 1. The monoisotopic (exact) mass is 426 g/mol. The molecule has 5 nitrogen and oxygen atoms in total. The van der Waals surface area contributed by atoms with E-state index in [-0.39, 0.29) is 11.7 Å². The molecule has 0 aromatic heterocycles. The zero-order chi connectivity index (χ0) is 16.1. The molecule has 0 atom stereocenters. The molecule has 0 radical (unpaired) electrons. The van der Waals surface area contributed by atoms with E-state index in [0.717, 1.165) is 4.47 Å². The van der Waals surface area contributed by atoms with Crippen LogP contribution in [0.4, 0.5) is 0 Å². The Morgan fingerprint density at radius 1 is 1.32 bits per heavy atom. The Morgan fingerprint density at radius 2 is 2.05 bits per heavy atom. The molecule has 1 amide bonds. The van der Waals surface area contributed by atoms with E-state index in [9.17, 15) is 9.90 Å². The number of hydrazone groups is 1. The minimum absolute atomic E-state index is 0.0513. The highest BCUT2D eigenvalue weighted by Gasteiger charge is 2.10. The van der Waals surface area contributed by atoms with Gasteiger partial charge in [-0.25, -0.2) is 5.43 Å². The number of amides is 1. The molecule has 0 bridgehead atoms. The van der Waals surface area contributed by atoms with Crippen molar-refractivity contribution in [1.82, 2.24) is 5.43 Å². The molecular formula is C15H12Br2N2O3. The molecule has 2 rings (SSSR count). The summed E-state index contributed by atoms with van der Waals surface area (Å²) in [5.74, 6) is -0.0947. The number of carbonyl (C=O) groups is 1. The van der Waals surface area contributed by atoms with Gasteiger partial charge < -0.3 is 9.84 Å². The lowest BCUT2D eigenvalue weighted by Crippen LogP contribution is -2.18. The Bertz CT molecular complexity index is 733. The Morgan fingerprint density at radius 3 is 2.73 bits per heavy atom. The van der Waals surface area contributed by atoms with Crippen LogP contribution in [0.25, 0.3) is 0 Å². The van der Waals surface area contributed by atoms with E-state index < -0.39 is 0 Å². The molecule has 22 heavy (non-hydrogen) atoms. The third-order valence-corrected chi connectivity index (χ3v) is 3.93. The molecule has 7 heteroatoms. The van der Waals surface area contributed by atoms with Gasteiger partial charge in [0, 0.05) is 14.5 Å². The molecule has 0 unspecified atom stereocenters. The molecule has 0 spiro atoms. The molecule has 0 aliphatic rings. The second-order valence-corrected chi connectivity index (χ2v) is 5.99. The van der Waals surface area contributed by atoms with Crippen molar-refractivity contribution in [2.75, 3.05) is 7.11 Å². The maximum Gasteiger partial charge on any atom is 0.272 e. The Kier molecular flexibility index (Phi) is 5.57. The first kappa shape index (κ1) is 16.5. The van der Waals surface area contributed by atoms with Crippen molar-refractivity contribution in [2.24, 2.45) is 5.10 Å². The lowest BCUT2D eigenvalue weighted by molar-refractivity contribution is 0.0954. The number of ether oxygens (including phenoxy) is 1. The van der Waals surface area contributed by atoms with Crippen LogP contribution in [0.5, 0.6) is 11.5 Å². The number of hydrogen-bond acceptors (Lipinski definition) is 4. The SMILES string of the molecule is COc1cc(Br)cc(/C=N\NC(=O)c2ccccc2Br)c1O. The number of hydrogen-bond donors (Lipinski definition) is 2. The van der Waals surface area contributed by atoms with E-state index in [4.69, 9.17) is 4.74 Å². The van der Waals surface area contributed by atoms with Gasteiger partial charge in [-0.2, -0.15) is 5.10 Å². The fraction of sp³-hybridized carbons (Fsp3) is 0.0667. The maximum absolute atomic E-state index is 12.0. The summed E-state index contributed by atoms with van der Waals surface area (Å²) in [5, 5.41) is 13.8. The van der Waals surface area contributed by atoms with E-state index >= 15 is 0 Å². The summed E-state index contributed by atoms with van der Waals surface area (Å²) in [6, 6.07) is 10.3. The standard InChI is InChI=1S/C15H12Br2N2O3/c1-22-13-7-10(16)6-9(14(13)20)8-18-19-15(21)11-4-2-3-5-12(11)17/h2-8,20H,1H3,(H,19,21)/b18-8-. The van der Waals surface area contributed by atoms with E-state index in [1.165, 1.54) is 13.3 Å². The molecule has 0 saturated heterocycles. The van der Waals surface area contributed by atoms with Crippen LogP contribution >= 0.6 is 31.9 Å². The van der Waals surface area contributed by atoms with Gasteiger partial charge in [0.1, 0.15) is 0 Å².